The third kappa shape index (κ3) is 2.86. The summed E-state index contributed by atoms with van der Waals surface area (Å²) in [5.74, 6) is 0.756. The van der Waals surface area contributed by atoms with Crippen LogP contribution in [0.15, 0.2) is 18.2 Å². The van der Waals surface area contributed by atoms with Gasteiger partial charge in [-0.3, -0.25) is 4.79 Å². The highest BCUT2D eigenvalue weighted by Gasteiger charge is 2.18. The average Bonchev–Trinajstić information content (AvgIpc) is 2.64. The van der Waals surface area contributed by atoms with Crippen molar-refractivity contribution in [1.29, 1.82) is 0 Å². The Morgan fingerprint density at radius 2 is 2.12 bits per heavy atom. The number of rotatable bonds is 4. The van der Waals surface area contributed by atoms with Crippen LogP contribution in [0.4, 0.5) is 5.69 Å². The highest BCUT2D eigenvalue weighted by molar-refractivity contribution is 5.99. The van der Waals surface area contributed by atoms with Crippen LogP contribution in [0, 0.1) is 5.92 Å². The van der Waals surface area contributed by atoms with Crippen LogP contribution in [-0.4, -0.2) is 5.91 Å². The summed E-state index contributed by atoms with van der Waals surface area (Å²) >= 11 is 0. The van der Waals surface area contributed by atoms with Crippen LogP contribution in [0.25, 0.3) is 0 Å². The highest BCUT2D eigenvalue weighted by atomic mass is 16.1. The van der Waals surface area contributed by atoms with E-state index in [9.17, 15) is 4.79 Å². The SMILES string of the molecule is CC(C)CCC(N)c1ccc2c(c1)CC(=O)N2. The van der Waals surface area contributed by atoms with Gasteiger partial charge in [-0.1, -0.05) is 26.0 Å². The number of anilines is 1. The fourth-order valence-electron chi connectivity index (χ4n) is 2.16. The van der Waals surface area contributed by atoms with Crippen molar-refractivity contribution in [1.82, 2.24) is 0 Å². The Hall–Kier alpha value is -1.35. The van der Waals surface area contributed by atoms with Crippen molar-refractivity contribution < 1.29 is 4.79 Å². The van der Waals surface area contributed by atoms with E-state index in [1.165, 1.54) is 0 Å². The predicted molar refractivity (Wildman–Crippen MR) is 69.8 cm³/mol. The maximum atomic E-state index is 11.3. The van der Waals surface area contributed by atoms with E-state index < -0.39 is 0 Å². The molecule has 0 fully saturated rings. The third-order valence-electron chi connectivity index (χ3n) is 3.24. The van der Waals surface area contributed by atoms with E-state index in [0.29, 0.717) is 12.3 Å². The lowest BCUT2D eigenvalue weighted by Gasteiger charge is -2.14. The molecule has 1 unspecified atom stereocenters. The van der Waals surface area contributed by atoms with Gasteiger partial charge in [0.15, 0.2) is 0 Å². The number of nitrogens with one attached hydrogen (secondary N) is 1. The van der Waals surface area contributed by atoms with Gasteiger partial charge in [0, 0.05) is 11.7 Å². The lowest BCUT2D eigenvalue weighted by Crippen LogP contribution is -2.11. The quantitative estimate of drug-likeness (QED) is 0.838. The first-order valence-corrected chi connectivity index (χ1v) is 6.24. The van der Waals surface area contributed by atoms with Gasteiger partial charge in [-0.25, -0.2) is 0 Å². The second-order valence-corrected chi connectivity index (χ2v) is 5.22. The van der Waals surface area contributed by atoms with Crippen molar-refractivity contribution in [3.05, 3.63) is 29.3 Å². The summed E-state index contributed by atoms with van der Waals surface area (Å²) in [5.41, 5.74) is 9.32. The fourth-order valence-corrected chi connectivity index (χ4v) is 2.16. The summed E-state index contributed by atoms with van der Waals surface area (Å²) in [6, 6.07) is 6.14. The van der Waals surface area contributed by atoms with Crippen LogP contribution in [0.2, 0.25) is 0 Å². The minimum Gasteiger partial charge on any atom is -0.326 e. The molecule has 0 aliphatic carbocycles. The van der Waals surface area contributed by atoms with Gasteiger partial charge < -0.3 is 11.1 Å². The molecule has 1 aromatic carbocycles. The van der Waals surface area contributed by atoms with Crippen LogP contribution < -0.4 is 11.1 Å². The number of benzene rings is 1. The van der Waals surface area contributed by atoms with Gasteiger partial charge in [-0.2, -0.15) is 0 Å². The minimum atomic E-state index is 0.0768. The molecule has 3 N–H and O–H groups in total. The summed E-state index contributed by atoms with van der Waals surface area (Å²) in [7, 11) is 0. The van der Waals surface area contributed by atoms with Crippen molar-refractivity contribution in [2.24, 2.45) is 11.7 Å². The summed E-state index contributed by atoms with van der Waals surface area (Å²) < 4.78 is 0. The summed E-state index contributed by atoms with van der Waals surface area (Å²) in [6.45, 7) is 4.41. The molecule has 1 aliphatic heterocycles. The molecule has 0 radical (unpaired) electrons. The lowest BCUT2D eigenvalue weighted by molar-refractivity contribution is -0.115. The van der Waals surface area contributed by atoms with E-state index in [1.807, 2.05) is 12.1 Å². The first kappa shape index (κ1) is 12.1. The molecule has 17 heavy (non-hydrogen) atoms. The van der Waals surface area contributed by atoms with Crippen molar-refractivity contribution in [2.45, 2.75) is 39.2 Å². The molecule has 1 atom stereocenters. The van der Waals surface area contributed by atoms with Crippen molar-refractivity contribution >= 4 is 11.6 Å². The van der Waals surface area contributed by atoms with Gasteiger partial charge in [0.2, 0.25) is 5.91 Å². The minimum absolute atomic E-state index is 0.0768. The Balaban J connectivity index is 2.07. The number of nitrogens with two attached hydrogens (primary N) is 1. The summed E-state index contributed by atoms with van der Waals surface area (Å²) in [6.07, 6.45) is 2.62. The fraction of sp³-hybridized carbons (Fsp3) is 0.500. The molecule has 2 rings (SSSR count). The lowest BCUT2D eigenvalue weighted by atomic mass is 9.96. The average molecular weight is 232 g/mol. The second-order valence-electron chi connectivity index (χ2n) is 5.22. The van der Waals surface area contributed by atoms with Crippen molar-refractivity contribution in [2.75, 3.05) is 5.32 Å². The van der Waals surface area contributed by atoms with Gasteiger partial charge in [0.25, 0.3) is 0 Å². The van der Waals surface area contributed by atoms with E-state index in [-0.39, 0.29) is 11.9 Å². The Kier molecular flexibility index (Phi) is 3.48. The molecule has 1 heterocycles. The Morgan fingerprint density at radius 1 is 1.35 bits per heavy atom. The molecule has 0 saturated carbocycles. The molecule has 0 aromatic heterocycles. The molecular formula is C14H20N2O. The van der Waals surface area contributed by atoms with Gasteiger partial charge in [-0.05, 0) is 36.0 Å². The van der Waals surface area contributed by atoms with Crippen molar-refractivity contribution in [3.8, 4) is 0 Å². The normalized spacial score (nSPS) is 15.9. The topological polar surface area (TPSA) is 55.1 Å². The molecule has 92 valence electrons. The first-order valence-electron chi connectivity index (χ1n) is 6.24. The molecule has 3 heteroatoms. The molecule has 0 bridgehead atoms. The molecule has 0 spiro atoms. The molecule has 0 saturated heterocycles. The molecule has 3 nitrogen and oxygen atoms in total. The van der Waals surface area contributed by atoms with Gasteiger partial charge >= 0.3 is 0 Å². The molecule has 1 amide bonds. The highest BCUT2D eigenvalue weighted by Crippen LogP contribution is 2.27. The van der Waals surface area contributed by atoms with Crippen LogP contribution >= 0.6 is 0 Å². The van der Waals surface area contributed by atoms with Gasteiger partial charge in [0.05, 0.1) is 6.42 Å². The first-order chi connectivity index (χ1) is 8.06. The van der Waals surface area contributed by atoms with Gasteiger partial charge in [-0.15, -0.1) is 0 Å². The monoisotopic (exact) mass is 232 g/mol. The number of fused-ring (bicyclic) bond motifs is 1. The van der Waals surface area contributed by atoms with Crippen LogP contribution in [0.3, 0.4) is 0 Å². The Morgan fingerprint density at radius 3 is 2.82 bits per heavy atom. The predicted octanol–water partition coefficient (Wildman–Crippen LogP) is 2.62. The van der Waals surface area contributed by atoms with Crippen molar-refractivity contribution in [3.63, 3.8) is 0 Å². The zero-order chi connectivity index (χ0) is 12.4. The van der Waals surface area contributed by atoms with E-state index in [0.717, 1.165) is 29.7 Å². The molecular weight excluding hydrogens is 212 g/mol. The Bertz CT molecular complexity index is 426. The number of hydrogen-bond donors (Lipinski definition) is 2. The molecule has 1 aliphatic rings. The number of carbonyl (C=O) groups excluding carboxylic acids is 1. The smallest absolute Gasteiger partial charge is 0.228 e. The third-order valence-corrected chi connectivity index (χ3v) is 3.24. The van der Waals surface area contributed by atoms with E-state index in [4.69, 9.17) is 5.73 Å². The summed E-state index contributed by atoms with van der Waals surface area (Å²) in [5, 5.41) is 2.83. The van der Waals surface area contributed by atoms with E-state index >= 15 is 0 Å². The number of amides is 1. The standard InChI is InChI=1S/C14H20N2O/c1-9(2)3-5-12(15)10-4-6-13-11(7-10)8-14(17)16-13/h4,6-7,9,12H,3,5,8,15H2,1-2H3,(H,16,17). The molecule has 1 aromatic rings. The van der Waals surface area contributed by atoms with Crippen LogP contribution in [0.5, 0.6) is 0 Å². The zero-order valence-corrected chi connectivity index (χ0v) is 10.5. The maximum Gasteiger partial charge on any atom is 0.228 e. The van der Waals surface area contributed by atoms with Gasteiger partial charge in [0.1, 0.15) is 0 Å². The Labute approximate surface area is 102 Å². The zero-order valence-electron chi connectivity index (χ0n) is 10.5. The van der Waals surface area contributed by atoms with E-state index in [2.05, 4.69) is 25.2 Å². The van der Waals surface area contributed by atoms with Crippen LogP contribution in [0.1, 0.15) is 43.9 Å². The summed E-state index contributed by atoms with van der Waals surface area (Å²) in [4.78, 5) is 11.3. The largest absolute Gasteiger partial charge is 0.326 e. The van der Waals surface area contributed by atoms with E-state index in [1.54, 1.807) is 0 Å². The maximum absolute atomic E-state index is 11.3. The number of hydrogen-bond acceptors (Lipinski definition) is 2. The van der Waals surface area contributed by atoms with Crippen LogP contribution in [-0.2, 0) is 11.2 Å². The second kappa shape index (κ2) is 4.88. The number of carbonyl (C=O) groups is 1.